The van der Waals surface area contributed by atoms with Crippen molar-refractivity contribution in [1.29, 1.82) is 0 Å². The highest BCUT2D eigenvalue weighted by molar-refractivity contribution is 5.80. The highest BCUT2D eigenvalue weighted by Gasteiger charge is 2.36. The van der Waals surface area contributed by atoms with Crippen LogP contribution in [-0.4, -0.2) is 34.6 Å². The zero-order chi connectivity index (χ0) is 26.2. The van der Waals surface area contributed by atoms with Crippen LogP contribution < -0.4 is 10.6 Å². The molecule has 194 valence electrons. The largest absolute Gasteiger partial charge is 0.418 e. The summed E-state index contributed by atoms with van der Waals surface area (Å²) in [5.74, 6) is 0.473. The summed E-state index contributed by atoms with van der Waals surface area (Å²) >= 11 is 0. The number of nitrogens with zero attached hydrogens (tertiary/aromatic N) is 2. The number of alkyl halides is 6. The fourth-order valence-corrected chi connectivity index (χ4v) is 4.62. The van der Waals surface area contributed by atoms with Crippen LogP contribution in [0.1, 0.15) is 47.2 Å². The van der Waals surface area contributed by atoms with Crippen LogP contribution in [0.3, 0.4) is 0 Å². The smallest absolute Gasteiger partial charge is 0.338 e. The van der Waals surface area contributed by atoms with E-state index in [2.05, 4.69) is 20.6 Å². The van der Waals surface area contributed by atoms with Crippen LogP contribution in [0.15, 0.2) is 54.7 Å². The molecule has 4 heterocycles. The molecule has 3 N–H and O–H groups in total. The van der Waals surface area contributed by atoms with Crippen LogP contribution in [0.25, 0.3) is 22.4 Å². The molecule has 2 aliphatic heterocycles. The van der Waals surface area contributed by atoms with Gasteiger partial charge >= 0.3 is 12.4 Å². The van der Waals surface area contributed by atoms with Gasteiger partial charge in [-0.05, 0) is 54.8 Å². The normalized spacial score (nSPS) is 18.9. The molecule has 0 bridgehead atoms. The van der Waals surface area contributed by atoms with E-state index in [0.29, 0.717) is 54.3 Å². The van der Waals surface area contributed by atoms with Crippen molar-refractivity contribution >= 4 is 11.1 Å². The van der Waals surface area contributed by atoms with Gasteiger partial charge in [0, 0.05) is 24.8 Å². The number of hydrogen-bond acceptors (Lipinski definition) is 4. The molecule has 1 aromatic carbocycles. The second kappa shape index (κ2) is 9.79. The molecule has 2 aliphatic rings. The summed E-state index contributed by atoms with van der Waals surface area (Å²) in [5, 5.41) is 6.30. The number of imidazole rings is 1. The Bertz CT molecular complexity index is 1330. The molecule has 2 aromatic heterocycles. The zero-order valence-electron chi connectivity index (χ0n) is 19.5. The van der Waals surface area contributed by atoms with Crippen molar-refractivity contribution in [2.45, 2.75) is 31.2 Å². The average Bonchev–Trinajstić information content (AvgIpc) is 3.34. The van der Waals surface area contributed by atoms with Gasteiger partial charge < -0.3 is 15.6 Å². The van der Waals surface area contributed by atoms with Crippen molar-refractivity contribution in [2.24, 2.45) is 0 Å². The average molecular weight is 519 g/mol. The number of halogens is 6. The third kappa shape index (κ3) is 5.33. The van der Waals surface area contributed by atoms with Crippen molar-refractivity contribution in [3.05, 3.63) is 83.1 Å². The van der Waals surface area contributed by atoms with E-state index in [1.54, 1.807) is 6.08 Å². The lowest BCUT2D eigenvalue weighted by Gasteiger charge is -2.24. The topological polar surface area (TPSA) is 65.6 Å². The van der Waals surface area contributed by atoms with Crippen molar-refractivity contribution in [3.63, 3.8) is 0 Å². The number of H-pyrrole nitrogens is 1. The molecule has 5 nitrogen and oxygen atoms in total. The molecule has 5 rings (SSSR count). The van der Waals surface area contributed by atoms with E-state index in [1.165, 1.54) is 24.4 Å². The fraction of sp³-hybridized carbons (Fsp3) is 0.308. The minimum absolute atomic E-state index is 0.122. The summed E-state index contributed by atoms with van der Waals surface area (Å²) in [5.41, 5.74) is 1.70. The molecular formula is C26H23F6N5. The lowest BCUT2D eigenvalue weighted by Crippen LogP contribution is -2.28. The summed E-state index contributed by atoms with van der Waals surface area (Å²) in [4.78, 5) is 12.1. The number of rotatable bonds is 4. The molecule has 1 atom stereocenters. The standard InChI is InChI=1S/C26H23F6N5/c27-25(28,29)18-5-3-15(4-6-18)21-22(16-7-11-33-12-8-16)37-24(36-21)17-9-13-34-20(14-17)23-19(26(30,31)32)2-1-10-35-23/h1-7,10,14,20,33-34H,8-9,11-13H2,(H,36,37). The van der Waals surface area contributed by atoms with Gasteiger partial charge in [0.2, 0.25) is 0 Å². The molecule has 11 heteroatoms. The first-order valence-corrected chi connectivity index (χ1v) is 11.8. The van der Waals surface area contributed by atoms with Crippen LogP contribution in [0, 0.1) is 0 Å². The van der Waals surface area contributed by atoms with Crippen LogP contribution >= 0.6 is 0 Å². The van der Waals surface area contributed by atoms with Gasteiger partial charge in [-0.25, -0.2) is 4.98 Å². The Morgan fingerprint density at radius 3 is 2.30 bits per heavy atom. The molecule has 0 fully saturated rings. The van der Waals surface area contributed by atoms with E-state index in [4.69, 9.17) is 4.98 Å². The number of aromatic amines is 1. The summed E-state index contributed by atoms with van der Waals surface area (Å²) in [6, 6.07) is 6.29. The minimum atomic E-state index is -4.55. The third-order valence-electron chi connectivity index (χ3n) is 6.44. The molecule has 0 radical (unpaired) electrons. The number of pyridine rings is 1. The Morgan fingerprint density at radius 2 is 1.62 bits per heavy atom. The van der Waals surface area contributed by atoms with Crippen LogP contribution in [0.5, 0.6) is 0 Å². The van der Waals surface area contributed by atoms with Gasteiger partial charge in [-0.15, -0.1) is 0 Å². The summed E-state index contributed by atoms with van der Waals surface area (Å²) < 4.78 is 80.0. The van der Waals surface area contributed by atoms with Gasteiger partial charge in [0.15, 0.2) is 0 Å². The quantitative estimate of drug-likeness (QED) is 0.370. The molecule has 0 saturated carbocycles. The Kier molecular flexibility index (Phi) is 6.67. The van der Waals surface area contributed by atoms with Gasteiger partial charge in [-0.1, -0.05) is 24.3 Å². The number of nitrogens with one attached hydrogen (secondary N) is 3. The SMILES string of the molecule is FC(F)(F)c1ccc(-c2nc(C3=CC(c4ncccc4C(F)(F)F)NCC3)[nH]c2C2=CCNCC2)cc1. The summed E-state index contributed by atoms with van der Waals surface area (Å²) in [6.07, 6.45) is -2.80. The van der Waals surface area contributed by atoms with Gasteiger partial charge in [-0.2, -0.15) is 26.3 Å². The Balaban J connectivity index is 1.56. The van der Waals surface area contributed by atoms with Gasteiger partial charge in [-0.3, -0.25) is 4.98 Å². The zero-order valence-corrected chi connectivity index (χ0v) is 19.5. The Morgan fingerprint density at radius 1 is 0.865 bits per heavy atom. The number of hydrogen-bond donors (Lipinski definition) is 3. The highest BCUT2D eigenvalue weighted by Crippen LogP contribution is 2.38. The van der Waals surface area contributed by atoms with Gasteiger partial charge in [0.1, 0.15) is 5.82 Å². The first-order chi connectivity index (χ1) is 17.6. The van der Waals surface area contributed by atoms with E-state index < -0.39 is 29.5 Å². The predicted molar refractivity (Wildman–Crippen MR) is 127 cm³/mol. The molecule has 0 spiro atoms. The lowest BCUT2D eigenvalue weighted by molar-refractivity contribution is -0.139. The molecule has 0 aliphatic carbocycles. The second-order valence-corrected chi connectivity index (χ2v) is 8.88. The van der Waals surface area contributed by atoms with Crippen molar-refractivity contribution in [3.8, 4) is 11.3 Å². The maximum absolute atomic E-state index is 13.6. The molecule has 1 unspecified atom stereocenters. The van der Waals surface area contributed by atoms with E-state index in [9.17, 15) is 26.3 Å². The van der Waals surface area contributed by atoms with Crippen LogP contribution in [-0.2, 0) is 12.4 Å². The summed E-state index contributed by atoms with van der Waals surface area (Å²) in [6.45, 7) is 1.79. The van der Waals surface area contributed by atoms with Crippen molar-refractivity contribution < 1.29 is 26.3 Å². The predicted octanol–water partition coefficient (Wildman–Crippen LogP) is 6.00. The maximum atomic E-state index is 13.6. The van der Waals surface area contributed by atoms with E-state index in [1.807, 2.05) is 6.08 Å². The third-order valence-corrected chi connectivity index (χ3v) is 6.44. The van der Waals surface area contributed by atoms with Crippen LogP contribution in [0.2, 0.25) is 0 Å². The van der Waals surface area contributed by atoms with E-state index in [-0.39, 0.29) is 5.69 Å². The second-order valence-electron chi connectivity index (χ2n) is 8.88. The highest BCUT2D eigenvalue weighted by atomic mass is 19.4. The molecule has 37 heavy (non-hydrogen) atoms. The summed E-state index contributed by atoms with van der Waals surface area (Å²) in [7, 11) is 0. The monoisotopic (exact) mass is 519 g/mol. The van der Waals surface area contributed by atoms with Crippen LogP contribution in [0.4, 0.5) is 26.3 Å². The molecule has 3 aromatic rings. The Hall–Kier alpha value is -3.44. The number of aromatic nitrogens is 3. The Labute approximate surface area is 208 Å². The maximum Gasteiger partial charge on any atom is 0.418 e. The molecule has 0 amide bonds. The van der Waals surface area contributed by atoms with E-state index in [0.717, 1.165) is 30.3 Å². The van der Waals surface area contributed by atoms with Gasteiger partial charge in [0.25, 0.3) is 0 Å². The molecule has 0 saturated heterocycles. The first kappa shape index (κ1) is 25.2. The number of benzene rings is 1. The fourth-order valence-electron chi connectivity index (χ4n) is 4.62. The van der Waals surface area contributed by atoms with Gasteiger partial charge in [0.05, 0.1) is 34.3 Å². The lowest BCUT2D eigenvalue weighted by atomic mass is 9.98. The molecular weight excluding hydrogens is 496 g/mol. The van der Waals surface area contributed by atoms with Crippen molar-refractivity contribution in [1.82, 2.24) is 25.6 Å². The minimum Gasteiger partial charge on any atom is -0.338 e. The van der Waals surface area contributed by atoms with E-state index >= 15 is 0 Å². The van der Waals surface area contributed by atoms with Crippen molar-refractivity contribution in [2.75, 3.05) is 19.6 Å². The first-order valence-electron chi connectivity index (χ1n) is 11.8.